The maximum atomic E-state index is 13.2. The lowest BCUT2D eigenvalue weighted by atomic mass is 10.2. The van der Waals surface area contributed by atoms with Gasteiger partial charge in [-0.1, -0.05) is 22.0 Å². The molecule has 0 aromatic heterocycles. The van der Waals surface area contributed by atoms with Crippen LogP contribution in [0.3, 0.4) is 0 Å². The molecule has 0 N–H and O–H groups in total. The van der Waals surface area contributed by atoms with E-state index in [4.69, 9.17) is 11.6 Å². The van der Waals surface area contributed by atoms with E-state index in [0.717, 1.165) is 15.8 Å². The number of alkyl halides is 1. The Morgan fingerprint density at radius 1 is 1.46 bits per heavy atom. The fourth-order valence-corrected chi connectivity index (χ4v) is 2.24. The number of halogens is 3. The van der Waals surface area contributed by atoms with Gasteiger partial charge in [-0.15, -0.1) is 11.6 Å². The minimum atomic E-state index is -0.156. The summed E-state index contributed by atoms with van der Waals surface area (Å²) in [6, 6.07) is 5.12. The zero-order valence-electron chi connectivity index (χ0n) is 6.90. The number of hydrogen-bond acceptors (Lipinski definition) is 1. The Kier molecular flexibility index (Phi) is 5.14. The Balaban J connectivity index is 2.56. The van der Waals surface area contributed by atoms with Gasteiger partial charge in [0.2, 0.25) is 0 Å². The topological polar surface area (TPSA) is 0 Å². The van der Waals surface area contributed by atoms with Gasteiger partial charge in [-0.25, -0.2) is 4.39 Å². The lowest BCUT2D eigenvalue weighted by Crippen LogP contribution is -1.89. The van der Waals surface area contributed by atoms with Gasteiger partial charge in [0.15, 0.2) is 0 Å². The SMILES string of the molecule is Fc1cc(Br)ccc1CSCCCl. The molecule has 1 rings (SSSR count). The molecule has 1 aromatic rings. The highest BCUT2D eigenvalue weighted by atomic mass is 79.9. The van der Waals surface area contributed by atoms with Gasteiger partial charge in [0.1, 0.15) is 5.82 Å². The highest BCUT2D eigenvalue weighted by Crippen LogP contribution is 2.19. The van der Waals surface area contributed by atoms with E-state index in [9.17, 15) is 4.39 Å². The Hall–Kier alpha value is 0.270. The van der Waals surface area contributed by atoms with Crippen LogP contribution in [0.15, 0.2) is 22.7 Å². The van der Waals surface area contributed by atoms with Gasteiger partial charge in [-0.05, 0) is 17.7 Å². The van der Waals surface area contributed by atoms with Crippen molar-refractivity contribution in [2.24, 2.45) is 0 Å². The molecule has 0 bridgehead atoms. The summed E-state index contributed by atoms with van der Waals surface area (Å²) in [5, 5.41) is 0. The molecule has 0 atom stereocenters. The van der Waals surface area contributed by atoms with Crippen molar-refractivity contribution in [3.05, 3.63) is 34.1 Å². The molecule has 0 radical (unpaired) electrons. The predicted molar refractivity (Wildman–Crippen MR) is 61.0 cm³/mol. The Morgan fingerprint density at radius 3 is 2.85 bits per heavy atom. The number of benzene rings is 1. The predicted octanol–water partition coefficient (Wildman–Crippen LogP) is 4.06. The van der Waals surface area contributed by atoms with Gasteiger partial charge < -0.3 is 0 Å². The van der Waals surface area contributed by atoms with Crippen molar-refractivity contribution in [3.8, 4) is 0 Å². The maximum absolute atomic E-state index is 13.2. The van der Waals surface area contributed by atoms with Gasteiger partial charge in [-0.3, -0.25) is 0 Å². The summed E-state index contributed by atoms with van der Waals surface area (Å²) in [7, 11) is 0. The molecule has 1 aromatic carbocycles. The zero-order chi connectivity index (χ0) is 9.68. The molecule has 0 aliphatic rings. The zero-order valence-corrected chi connectivity index (χ0v) is 10.1. The number of rotatable bonds is 4. The fourth-order valence-electron chi connectivity index (χ4n) is 0.875. The average Bonchev–Trinajstić information content (AvgIpc) is 2.09. The quantitative estimate of drug-likeness (QED) is 0.593. The minimum Gasteiger partial charge on any atom is -0.207 e. The first-order valence-electron chi connectivity index (χ1n) is 3.81. The first-order chi connectivity index (χ1) is 6.24. The molecule has 0 spiro atoms. The number of hydrogen-bond donors (Lipinski definition) is 0. The van der Waals surface area contributed by atoms with E-state index >= 15 is 0 Å². The molecular weight excluding hydrogens is 275 g/mol. The van der Waals surface area contributed by atoms with Crippen molar-refractivity contribution in [2.45, 2.75) is 5.75 Å². The summed E-state index contributed by atoms with van der Waals surface area (Å²) in [5.41, 5.74) is 0.735. The third kappa shape index (κ3) is 3.88. The van der Waals surface area contributed by atoms with Gasteiger partial charge >= 0.3 is 0 Å². The summed E-state index contributed by atoms with van der Waals surface area (Å²) < 4.78 is 14.0. The van der Waals surface area contributed by atoms with E-state index in [1.54, 1.807) is 17.8 Å². The molecule has 0 aliphatic heterocycles. The maximum Gasteiger partial charge on any atom is 0.128 e. The second kappa shape index (κ2) is 5.89. The first kappa shape index (κ1) is 11.3. The van der Waals surface area contributed by atoms with Crippen molar-refractivity contribution in [2.75, 3.05) is 11.6 Å². The van der Waals surface area contributed by atoms with Crippen LogP contribution in [-0.4, -0.2) is 11.6 Å². The molecule has 0 fully saturated rings. The molecule has 0 nitrogen and oxygen atoms in total. The van der Waals surface area contributed by atoms with Crippen LogP contribution in [0.25, 0.3) is 0 Å². The van der Waals surface area contributed by atoms with E-state index in [1.807, 2.05) is 6.07 Å². The molecule has 0 heterocycles. The standard InChI is InChI=1S/C9H9BrClFS/c10-8-2-1-7(9(12)5-8)6-13-4-3-11/h1-2,5H,3-4,6H2. The highest BCUT2D eigenvalue weighted by molar-refractivity contribution is 9.10. The minimum absolute atomic E-state index is 0.156. The van der Waals surface area contributed by atoms with Crippen molar-refractivity contribution >= 4 is 39.3 Å². The van der Waals surface area contributed by atoms with E-state index < -0.39 is 0 Å². The van der Waals surface area contributed by atoms with Crippen LogP contribution in [0.4, 0.5) is 4.39 Å². The van der Waals surface area contributed by atoms with Crippen LogP contribution in [-0.2, 0) is 5.75 Å². The van der Waals surface area contributed by atoms with Crippen LogP contribution in [0.2, 0.25) is 0 Å². The monoisotopic (exact) mass is 282 g/mol. The lowest BCUT2D eigenvalue weighted by Gasteiger charge is -2.02. The smallest absolute Gasteiger partial charge is 0.128 e. The summed E-state index contributed by atoms with van der Waals surface area (Å²) in [4.78, 5) is 0. The van der Waals surface area contributed by atoms with Crippen LogP contribution >= 0.6 is 39.3 Å². The van der Waals surface area contributed by atoms with Crippen LogP contribution in [0.5, 0.6) is 0 Å². The average molecular weight is 284 g/mol. The van der Waals surface area contributed by atoms with Crippen LogP contribution < -0.4 is 0 Å². The lowest BCUT2D eigenvalue weighted by molar-refractivity contribution is 0.616. The van der Waals surface area contributed by atoms with Gasteiger partial charge in [-0.2, -0.15) is 11.8 Å². The van der Waals surface area contributed by atoms with E-state index in [1.165, 1.54) is 6.07 Å². The van der Waals surface area contributed by atoms with Crippen molar-refractivity contribution in [1.29, 1.82) is 0 Å². The van der Waals surface area contributed by atoms with E-state index in [-0.39, 0.29) is 5.82 Å². The largest absolute Gasteiger partial charge is 0.207 e. The summed E-state index contributed by atoms with van der Waals surface area (Å²) in [6.45, 7) is 0. The Bertz CT molecular complexity index is 280. The van der Waals surface area contributed by atoms with Crippen molar-refractivity contribution in [3.63, 3.8) is 0 Å². The van der Waals surface area contributed by atoms with Crippen LogP contribution in [0.1, 0.15) is 5.56 Å². The van der Waals surface area contributed by atoms with Crippen molar-refractivity contribution in [1.82, 2.24) is 0 Å². The van der Waals surface area contributed by atoms with E-state index in [0.29, 0.717) is 11.6 Å². The molecule has 0 saturated carbocycles. The molecular formula is C9H9BrClFS. The Labute approximate surface area is 95.0 Å². The summed E-state index contributed by atoms with van der Waals surface area (Å²) in [5.74, 6) is 2.00. The fraction of sp³-hybridized carbons (Fsp3) is 0.333. The van der Waals surface area contributed by atoms with Crippen LogP contribution in [0, 0.1) is 5.82 Å². The summed E-state index contributed by atoms with van der Waals surface area (Å²) >= 11 is 10.4. The molecule has 72 valence electrons. The Morgan fingerprint density at radius 2 is 2.23 bits per heavy atom. The normalized spacial score (nSPS) is 10.4. The highest BCUT2D eigenvalue weighted by Gasteiger charge is 2.01. The van der Waals surface area contributed by atoms with Crippen molar-refractivity contribution < 1.29 is 4.39 Å². The third-order valence-corrected chi connectivity index (χ3v) is 3.41. The van der Waals surface area contributed by atoms with Gasteiger partial charge in [0.05, 0.1) is 0 Å². The molecule has 0 aliphatic carbocycles. The summed E-state index contributed by atoms with van der Waals surface area (Å²) in [6.07, 6.45) is 0. The first-order valence-corrected chi connectivity index (χ1v) is 6.30. The van der Waals surface area contributed by atoms with E-state index in [2.05, 4.69) is 15.9 Å². The molecule has 0 saturated heterocycles. The third-order valence-electron chi connectivity index (χ3n) is 1.49. The van der Waals surface area contributed by atoms with Gasteiger partial charge in [0.25, 0.3) is 0 Å². The number of thioether (sulfide) groups is 1. The molecule has 0 amide bonds. The molecule has 0 unspecified atom stereocenters. The molecule has 13 heavy (non-hydrogen) atoms. The second-order valence-electron chi connectivity index (χ2n) is 2.48. The van der Waals surface area contributed by atoms with Gasteiger partial charge in [0, 0.05) is 21.9 Å². The molecule has 4 heteroatoms. The second-order valence-corrected chi connectivity index (χ2v) is 4.88.